The molecular formula is C68H122O17SSi3. The molecule has 0 aromatic rings. The fourth-order valence-corrected chi connectivity index (χ4v) is 24.1. The number of carbonyl (C=O) groups is 5. The molecule has 0 saturated carbocycles. The molecule has 3 rings (SSSR count). The highest BCUT2D eigenvalue weighted by atomic mass is 32.2. The molecule has 0 aliphatic carbocycles. The quantitative estimate of drug-likeness (QED) is 0.0187. The number of esters is 4. The zero-order chi connectivity index (χ0) is 67.4. The van der Waals surface area contributed by atoms with Gasteiger partial charge in [-0.1, -0.05) is 140 Å². The maximum Gasteiger partial charge on any atom is 0.330 e. The normalized spacial score (nSPS) is 26.6. The summed E-state index contributed by atoms with van der Waals surface area (Å²) in [5, 5.41) is 0.0901. The first-order valence-electron chi connectivity index (χ1n) is 33.8. The Bertz CT molecular complexity index is 2310. The van der Waals surface area contributed by atoms with Crippen LogP contribution in [0.1, 0.15) is 202 Å². The lowest BCUT2D eigenvalue weighted by molar-refractivity contribution is -0.358. The highest BCUT2D eigenvalue weighted by Crippen LogP contribution is 2.53. The first kappa shape index (κ1) is 80.7. The third-order valence-corrected chi connectivity index (χ3v) is 36.9. The summed E-state index contributed by atoms with van der Waals surface area (Å²) in [5.41, 5.74) is -0.904. The highest BCUT2D eigenvalue weighted by Gasteiger charge is 2.61. The Morgan fingerprint density at radius 2 is 1.16 bits per heavy atom. The van der Waals surface area contributed by atoms with Crippen LogP contribution in [-0.4, -0.2) is 154 Å². The van der Waals surface area contributed by atoms with Crippen LogP contribution in [0.4, 0.5) is 0 Å². The summed E-state index contributed by atoms with van der Waals surface area (Å²) in [4.78, 5) is 67.3. The van der Waals surface area contributed by atoms with Gasteiger partial charge in [-0.2, -0.15) is 0 Å². The molecule has 0 aromatic carbocycles. The topological polar surface area (TPSA) is 196 Å². The first-order valence-corrected chi connectivity index (χ1v) is 42.2. The van der Waals surface area contributed by atoms with Gasteiger partial charge in [0.25, 0.3) is 0 Å². The molecule has 0 unspecified atom stereocenters. The summed E-state index contributed by atoms with van der Waals surface area (Å²) in [5.74, 6) is -5.37. The summed E-state index contributed by atoms with van der Waals surface area (Å²) in [6.07, 6.45) is 6.12. The minimum atomic E-state index is -2.27. The van der Waals surface area contributed by atoms with Gasteiger partial charge in [-0.15, -0.1) is 0 Å². The van der Waals surface area contributed by atoms with Crippen molar-refractivity contribution >= 4 is 65.7 Å². The van der Waals surface area contributed by atoms with E-state index in [1.807, 2.05) is 39.8 Å². The summed E-state index contributed by atoms with van der Waals surface area (Å²) in [6.45, 7) is 38.9. The molecule has 0 amide bonds. The molecule has 0 bridgehead atoms. The van der Waals surface area contributed by atoms with Crippen molar-refractivity contribution in [3.8, 4) is 0 Å². The van der Waals surface area contributed by atoms with E-state index in [9.17, 15) is 24.0 Å². The molecule has 3 aliphatic heterocycles. The summed E-state index contributed by atoms with van der Waals surface area (Å²) < 4.78 is 79.7. The van der Waals surface area contributed by atoms with Crippen molar-refractivity contribution in [2.45, 2.75) is 328 Å². The van der Waals surface area contributed by atoms with Crippen LogP contribution in [0.3, 0.4) is 0 Å². The van der Waals surface area contributed by atoms with Crippen LogP contribution >= 0.6 is 11.8 Å². The van der Waals surface area contributed by atoms with Crippen molar-refractivity contribution in [3.05, 3.63) is 35.5 Å². The Morgan fingerprint density at radius 1 is 0.640 bits per heavy atom. The maximum absolute atomic E-state index is 14.3. The molecule has 0 spiro atoms. The van der Waals surface area contributed by atoms with Gasteiger partial charge in [0.1, 0.15) is 6.10 Å². The molecule has 3 heterocycles. The lowest BCUT2D eigenvalue weighted by Gasteiger charge is -2.55. The van der Waals surface area contributed by atoms with Crippen molar-refractivity contribution in [1.82, 2.24) is 0 Å². The molecular weight excluding hydrogens is 1210 g/mol. The summed E-state index contributed by atoms with van der Waals surface area (Å²) in [7, 11) is -0.886. The number of rotatable bonds is 37. The molecule has 0 aromatic heterocycles. The van der Waals surface area contributed by atoms with Crippen molar-refractivity contribution in [3.63, 3.8) is 0 Å². The van der Waals surface area contributed by atoms with Gasteiger partial charge >= 0.3 is 23.9 Å². The Hall–Kier alpha value is -2.55. The van der Waals surface area contributed by atoms with Crippen LogP contribution < -0.4 is 0 Å². The van der Waals surface area contributed by atoms with Crippen molar-refractivity contribution in [2.75, 3.05) is 28.4 Å². The summed E-state index contributed by atoms with van der Waals surface area (Å²) in [6, 6.07) is 8.38. The van der Waals surface area contributed by atoms with Crippen molar-refractivity contribution < 1.29 is 79.9 Å². The SMILES string of the molecule is CCC(CC)(CC)SC(=O)C[C@@H](C[C@@H]1C[C@H](OC(C)=O)C(C)(C)[C@@](C[C@@H]2C/C(=C/C(=O)OC)C[C@H](/C=C/C(C)(C)[C@]3(OC)O[C@H](C[C@@H](O[Si](CC)(CC)CC)[C@@H](C)O[Si](CC)(CC)CC)C/C(=C\C(=O)OC)[C@@H]3OC(C)=O)O2)(OC)O1)O[Si](CC)(CC)CC. The second kappa shape index (κ2) is 35.8. The number of methoxy groups -OCH3 is 4. The predicted molar refractivity (Wildman–Crippen MR) is 361 cm³/mol. The molecule has 3 saturated heterocycles. The monoisotopic (exact) mass is 1330 g/mol. The van der Waals surface area contributed by atoms with Crippen LogP contribution in [0.25, 0.3) is 0 Å². The smallest absolute Gasteiger partial charge is 0.330 e. The van der Waals surface area contributed by atoms with Crippen LogP contribution in [-0.2, 0) is 79.9 Å². The molecule has 3 aliphatic rings. The van der Waals surface area contributed by atoms with Gasteiger partial charge in [-0.25, -0.2) is 9.59 Å². The van der Waals surface area contributed by atoms with E-state index in [4.69, 9.17) is 55.9 Å². The molecule has 3 fully saturated rings. The number of carbonyl (C=O) groups excluding carboxylic acids is 5. The maximum atomic E-state index is 14.3. The molecule has 514 valence electrons. The van der Waals surface area contributed by atoms with E-state index in [0.29, 0.717) is 37.7 Å². The van der Waals surface area contributed by atoms with E-state index in [0.717, 1.165) is 79.2 Å². The molecule has 0 radical (unpaired) electrons. The first-order chi connectivity index (χ1) is 41.8. The molecule has 89 heavy (non-hydrogen) atoms. The van der Waals surface area contributed by atoms with E-state index in [1.54, 1.807) is 7.11 Å². The predicted octanol–water partition coefficient (Wildman–Crippen LogP) is 15.4. The van der Waals surface area contributed by atoms with E-state index in [-0.39, 0.29) is 41.3 Å². The van der Waals surface area contributed by atoms with E-state index < -0.39 is 114 Å². The Labute approximate surface area is 545 Å². The zero-order valence-electron chi connectivity index (χ0n) is 59.5. The number of thioether (sulfide) groups is 1. The average molecular weight is 1330 g/mol. The van der Waals surface area contributed by atoms with Gasteiger partial charge < -0.3 is 55.9 Å². The fraction of sp³-hybridized carbons (Fsp3) is 0.838. The second-order valence-electron chi connectivity index (χ2n) is 26.5. The minimum absolute atomic E-state index is 0.0901. The third-order valence-electron chi connectivity index (χ3n) is 21.1. The van der Waals surface area contributed by atoms with Crippen molar-refractivity contribution in [1.29, 1.82) is 0 Å². The van der Waals surface area contributed by atoms with Gasteiger partial charge in [0.05, 0.1) is 62.4 Å². The minimum Gasteiger partial charge on any atom is -0.466 e. The summed E-state index contributed by atoms with van der Waals surface area (Å²) >= 11 is 1.44. The Morgan fingerprint density at radius 3 is 1.64 bits per heavy atom. The Balaban J connectivity index is 2.27. The zero-order valence-corrected chi connectivity index (χ0v) is 63.3. The van der Waals surface area contributed by atoms with E-state index in [2.05, 4.69) is 90.0 Å². The molecule has 0 N–H and O–H groups in total. The van der Waals surface area contributed by atoms with Gasteiger partial charge in [-0.05, 0) is 112 Å². The third kappa shape index (κ3) is 20.5. The van der Waals surface area contributed by atoms with Crippen LogP contribution in [0.5, 0.6) is 0 Å². The fourth-order valence-electron chi connectivity index (χ4n) is 14.1. The molecule has 11 atom stereocenters. The molecule has 21 heteroatoms. The van der Waals surface area contributed by atoms with Crippen molar-refractivity contribution in [2.24, 2.45) is 10.8 Å². The number of hydrogen-bond donors (Lipinski definition) is 0. The van der Waals surface area contributed by atoms with E-state index in [1.165, 1.54) is 59.1 Å². The van der Waals surface area contributed by atoms with E-state index >= 15 is 0 Å². The standard InChI is InChI=1S/C68H122O17SSi3/c1-24-66(25-2,26-3)86-62(73)46-56(84-88(30-7,31-8)32-9)43-55-45-59(78-49(14)69)65(18,19)67(76-22,81-55)47-57-39-51(40-60(71)74-20)38-53(80-57)36-37-64(16,17)68(77-23)63(79-50(15)70)52(42-61(72)75-21)41-54(82-68)44-58(85-89(33-10,34-11)35-12)48(13)83-87(27-4,28-5)29-6/h36-37,40,42,48,53-59,63H,24-35,38-39,41,43-47H2,1-23H3/b37-36+,51-40+,52-42+/t48-,53+,54+,55-,56-,57+,58-,59+,63+,67+,68-/m1/s1. The van der Waals surface area contributed by atoms with Gasteiger partial charge in [0.15, 0.2) is 42.0 Å². The van der Waals surface area contributed by atoms with Gasteiger partial charge in [0, 0.05) is 76.1 Å². The van der Waals surface area contributed by atoms with Gasteiger partial charge in [-0.3, -0.25) is 14.4 Å². The largest absolute Gasteiger partial charge is 0.466 e. The van der Waals surface area contributed by atoms with Gasteiger partial charge in [0.2, 0.25) is 5.79 Å². The number of ether oxygens (including phenoxy) is 9. The highest BCUT2D eigenvalue weighted by molar-refractivity contribution is 8.14. The Kier molecular flexibility index (Phi) is 32.5. The second-order valence-corrected chi connectivity index (χ2v) is 42.2. The molecule has 17 nitrogen and oxygen atoms in total. The lowest BCUT2D eigenvalue weighted by Crippen LogP contribution is -2.63. The lowest BCUT2D eigenvalue weighted by atomic mass is 9.70. The van der Waals surface area contributed by atoms with Crippen LogP contribution in [0, 0.1) is 10.8 Å². The number of hydrogen-bond acceptors (Lipinski definition) is 18. The van der Waals surface area contributed by atoms with Crippen LogP contribution in [0.2, 0.25) is 54.4 Å². The average Bonchev–Trinajstić information content (AvgIpc) is 0.786. The van der Waals surface area contributed by atoms with Crippen LogP contribution in [0.15, 0.2) is 35.5 Å².